The Morgan fingerprint density at radius 3 is 2.23 bits per heavy atom. The van der Waals surface area contributed by atoms with Gasteiger partial charge in [-0.25, -0.2) is 4.79 Å². The maximum Gasteiger partial charge on any atom is 0.337 e. The third-order valence-corrected chi connectivity index (χ3v) is 4.61. The monoisotopic (exact) mass is 349 g/mol. The Kier molecular flexibility index (Phi) is 5.45. The zero-order valence-corrected chi connectivity index (χ0v) is 15.1. The minimum Gasteiger partial charge on any atom is -0.478 e. The molecule has 0 aromatic heterocycles. The van der Waals surface area contributed by atoms with E-state index in [0.29, 0.717) is 11.3 Å². The number of carboxylic acid groups (broad SMARTS) is 1. The molecule has 2 aromatic rings. The van der Waals surface area contributed by atoms with Crippen molar-refractivity contribution in [1.82, 2.24) is 4.90 Å². The van der Waals surface area contributed by atoms with Gasteiger partial charge in [-0.1, -0.05) is 11.8 Å². The van der Waals surface area contributed by atoms with Crippen molar-refractivity contribution in [3.63, 3.8) is 0 Å². The van der Waals surface area contributed by atoms with Crippen molar-refractivity contribution in [2.75, 3.05) is 50.5 Å². The Balaban J connectivity index is 1.74. The average Bonchev–Trinajstić information content (AvgIpc) is 2.67. The highest BCUT2D eigenvalue weighted by atomic mass is 16.4. The van der Waals surface area contributed by atoms with Gasteiger partial charge in [0.1, 0.15) is 0 Å². The third kappa shape index (κ3) is 4.16. The van der Waals surface area contributed by atoms with E-state index in [1.807, 2.05) is 18.2 Å². The Bertz CT molecular complexity index is 842. The number of benzene rings is 2. The summed E-state index contributed by atoms with van der Waals surface area (Å²) in [6.45, 7) is 4.24. The molecule has 0 amide bonds. The molecule has 0 atom stereocenters. The normalized spacial score (nSPS) is 14.5. The van der Waals surface area contributed by atoms with Crippen LogP contribution in [0, 0.1) is 11.8 Å². The Hall–Kier alpha value is -2.97. The van der Waals surface area contributed by atoms with Crippen LogP contribution in [0.4, 0.5) is 11.4 Å². The van der Waals surface area contributed by atoms with Crippen LogP contribution >= 0.6 is 0 Å². The Morgan fingerprint density at radius 2 is 1.62 bits per heavy atom. The van der Waals surface area contributed by atoms with Gasteiger partial charge in [-0.3, -0.25) is 0 Å². The Labute approximate surface area is 154 Å². The first-order valence-corrected chi connectivity index (χ1v) is 8.67. The lowest BCUT2D eigenvalue weighted by molar-refractivity contribution is 0.0698. The number of carboxylic acids is 1. The number of nitrogens with one attached hydrogen (secondary N) is 1. The van der Waals surface area contributed by atoms with Gasteiger partial charge in [-0.15, -0.1) is 0 Å². The van der Waals surface area contributed by atoms with Crippen LogP contribution in [0.25, 0.3) is 0 Å². The van der Waals surface area contributed by atoms with Crippen LogP contribution in [0.1, 0.15) is 21.5 Å². The second-order valence-corrected chi connectivity index (χ2v) is 6.40. The van der Waals surface area contributed by atoms with Gasteiger partial charge < -0.3 is 20.2 Å². The molecule has 1 fully saturated rings. The molecular weight excluding hydrogens is 326 g/mol. The lowest BCUT2D eigenvalue weighted by Gasteiger charge is -2.34. The number of rotatable bonds is 3. The summed E-state index contributed by atoms with van der Waals surface area (Å²) in [5.74, 6) is 5.20. The van der Waals surface area contributed by atoms with E-state index in [1.165, 1.54) is 5.69 Å². The second kappa shape index (κ2) is 7.94. The summed E-state index contributed by atoms with van der Waals surface area (Å²) < 4.78 is 0. The maximum atomic E-state index is 11.3. The number of likely N-dealkylation sites (N-methyl/N-ethyl adjacent to an activating group) is 1. The van der Waals surface area contributed by atoms with Crippen LogP contribution in [0.5, 0.6) is 0 Å². The number of piperazine rings is 1. The molecular formula is C21H23N3O2. The highest BCUT2D eigenvalue weighted by Gasteiger charge is 2.13. The molecule has 5 nitrogen and oxygen atoms in total. The van der Waals surface area contributed by atoms with E-state index in [0.717, 1.165) is 31.7 Å². The molecule has 0 bridgehead atoms. The SMILES string of the molecule is CNc1ccc(C#Cc2ccc(N3CCN(C)CC3)cc2)cc1C(=O)O. The number of nitrogens with zero attached hydrogens (tertiary/aromatic N) is 2. The smallest absolute Gasteiger partial charge is 0.337 e. The zero-order chi connectivity index (χ0) is 18.5. The molecule has 0 saturated carbocycles. The van der Waals surface area contributed by atoms with Crippen molar-refractivity contribution in [1.29, 1.82) is 0 Å². The highest BCUT2D eigenvalue weighted by molar-refractivity contribution is 5.94. The fraction of sp³-hybridized carbons (Fsp3) is 0.286. The van der Waals surface area contributed by atoms with E-state index < -0.39 is 5.97 Å². The number of hydrogen-bond acceptors (Lipinski definition) is 4. The van der Waals surface area contributed by atoms with Crippen molar-refractivity contribution >= 4 is 17.3 Å². The number of anilines is 2. The Morgan fingerprint density at radius 1 is 1.00 bits per heavy atom. The maximum absolute atomic E-state index is 11.3. The third-order valence-electron chi connectivity index (χ3n) is 4.61. The van der Waals surface area contributed by atoms with Crippen LogP contribution in [-0.4, -0.2) is 56.3 Å². The van der Waals surface area contributed by atoms with Crippen molar-refractivity contribution in [3.8, 4) is 11.8 Å². The van der Waals surface area contributed by atoms with Gasteiger partial charge in [0.05, 0.1) is 5.56 Å². The molecule has 1 aliphatic heterocycles. The molecule has 0 spiro atoms. The highest BCUT2D eigenvalue weighted by Crippen LogP contribution is 2.18. The molecule has 2 aromatic carbocycles. The number of hydrogen-bond donors (Lipinski definition) is 2. The van der Waals surface area contributed by atoms with E-state index in [-0.39, 0.29) is 5.56 Å². The first-order chi connectivity index (χ1) is 12.6. The summed E-state index contributed by atoms with van der Waals surface area (Å²) in [5.41, 5.74) is 3.63. The van der Waals surface area contributed by atoms with Gasteiger partial charge in [-0.2, -0.15) is 0 Å². The predicted octanol–water partition coefficient (Wildman–Crippen LogP) is 2.58. The van der Waals surface area contributed by atoms with Gasteiger partial charge in [0, 0.05) is 55.7 Å². The van der Waals surface area contributed by atoms with Gasteiger partial charge in [-0.05, 0) is 49.5 Å². The molecule has 2 N–H and O–H groups in total. The standard InChI is InChI=1S/C21H23N3O2/c1-22-20-10-7-17(15-19(20)21(25)26)4-3-16-5-8-18(9-6-16)24-13-11-23(2)12-14-24/h5-10,15,22H,11-14H2,1-2H3,(H,25,26). The van der Waals surface area contributed by atoms with Crippen molar-refractivity contribution in [3.05, 3.63) is 59.2 Å². The quantitative estimate of drug-likeness (QED) is 0.834. The molecule has 0 unspecified atom stereocenters. The van der Waals surface area contributed by atoms with E-state index in [1.54, 1.807) is 19.2 Å². The number of aromatic carboxylic acids is 1. The molecule has 26 heavy (non-hydrogen) atoms. The summed E-state index contributed by atoms with van der Waals surface area (Å²) in [7, 11) is 3.85. The first kappa shape index (κ1) is 17.8. The van der Waals surface area contributed by atoms with E-state index in [2.05, 4.69) is 46.1 Å². The summed E-state index contributed by atoms with van der Waals surface area (Å²) >= 11 is 0. The van der Waals surface area contributed by atoms with Crippen LogP contribution in [0.3, 0.4) is 0 Å². The number of carbonyl (C=O) groups is 1. The van der Waals surface area contributed by atoms with E-state index in [9.17, 15) is 9.90 Å². The van der Waals surface area contributed by atoms with Gasteiger partial charge in [0.25, 0.3) is 0 Å². The molecule has 1 heterocycles. The summed E-state index contributed by atoms with van der Waals surface area (Å²) in [6.07, 6.45) is 0. The van der Waals surface area contributed by atoms with Crippen LogP contribution in [0.15, 0.2) is 42.5 Å². The van der Waals surface area contributed by atoms with Crippen molar-refractivity contribution < 1.29 is 9.90 Å². The van der Waals surface area contributed by atoms with Crippen LogP contribution < -0.4 is 10.2 Å². The molecule has 5 heteroatoms. The van der Waals surface area contributed by atoms with Gasteiger partial charge in [0.2, 0.25) is 0 Å². The fourth-order valence-corrected chi connectivity index (χ4v) is 2.98. The second-order valence-electron chi connectivity index (χ2n) is 6.40. The molecule has 0 radical (unpaired) electrons. The molecule has 134 valence electrons. The van der Waals surface area contributed by atoms with E-state index in [4.69, 9.17) is 0 Å². The lowest BCUT2D eigenvalue weighted by atomic mass is 10.1. The molecule has 3 rings (SSSR count). The summed E-state index contributed by atoms with van der Waals surface area (Å²) in [4.78, 5) is 16.0. The van der Waals surface area contributed by atoms with Crippen LogP contribution in [-0.2, 0) is 0 Å². The average molecular weight is 349 g/mol. The summed E-state index contributed by atoms with van der Waals surface area (Å²) in [6, 6.07) is 13.4. The minimum atomic E-state index is -0.963. The zero-order valence-electron chi connectivity index (χ0n) is 15.1. The van der Waals surface area contributed by atoms with E-state index >= 15 is 0 Å². The summed E-state index contributed by atoms with van der Waals surface area (Å²) in [5, 5.41) is 12.2. The minimum absolute atomic E-state index is 0.227. The lowest BCUT2D eigenvalue weighted by Crippen LogP contribution is -2.44. The van der Waals surface area contributed by atoms with Gasteiger partial charge >= 0.3 is 5.97 Å². The predicted molar refractivity (Wildman–Crippen MR) is 105 cm³/mol. The molecule has 1 aliphatic rings. The first-order valence-electron chi connectivity index (χ1n) is 8.67. The molecule has 1 saturated heterocycles. The fourth-order valence-electron chi connectivity index (χ4n) is 2.98. The van der Waals surface area contributed by atoms with Crippen LogP contribution in [0.2, 0.25) is 0 Å². The largest absolute Gasteiger partial charge is 0.478 e. The molecule has 0 aliphatic carbocycles. The van der Waals surface area contributed by atoms with Gasteiger partial charge in [0.15, 0.2) is 0 Å². The van der Waals surface area contributed by atoms with Crippen molar-refractivity contribution in [2.45, 2.75) is 0 Å². The topological polar surface area (TPSA) is 55.8 Å². The van der Waals surface area contributed by atoms with Crippen molar-refractivity contribution in [2.24, 2.45) is 0 Å².